The van der Waals surface area contributed by atoms with Crippen LogP contribution < -0.4 is 10.6 Å². The predicted octanol–water partition coefficient (Wildman–Crippen LogP) is 13.6. The average molecular weight is 893 g/mol. The van der Waals surface area contributed by atoms with Crippen molar-refractivity contribution in [2.75, 3.05) is 13.2 Å². The standard InChI is InChI=1S/C55H92N2O7/c1-3-5-7-9-11-13-15-17-18-19-20-21-22-23-24-25-26-28-30-32-34-39-43-47-54(61)64-50(44-40-36-33-31-29-27-16-14-12-10-8-6-4-2)45-41-37-35-38-42-46-52(59)56-48-53(60)57-51(49-58)55(62)63/h6,8,12,14-15,17,19-20,22-23,27,29,33,36,50-51,58H,3-5,7,9-11,13,16,18,21,24-26,28,30-32,34-35,37-49H2,1-2H3,(H,56,59)(H,57,60)(H,62,63)/b8-6-,14-12-,17-15-,20-19-,23-22-,29-27-,36-33-. The molecule has 0 aliphatic rings. The Hall–Kier alpha value is -3.98. The Morgan fingerprint density at radius 2 is 0.922 bits per heavy atom. The number of unbranched alkanes of at least 4 members (excludes halogenated alkanes) is 17. The van der Waals surface area contributed by atoms with Crippen LogP contribution in [0.3, 0.4) is 0 Å². The lowest BCUT2D eigenvalue weighted by molar-refractivity contribution is -0.150. The molecule has 0 spiro atoms. The van der Waals surface area contributed by atoms with Crippen LogP contribution in [0.2, 0.25) is 0 Å². The number of carboxylic acid groups (broad SMARTS) is 1. The summed E-state index contributed by atoms with van der Waals surface area (Å²) in [6, 6.07) is -1.39. The lowest BCUT2D eigenvalue weighted by Crippen LogP contribution is -2.47. The Morgan fingerprint density at radius 1 is 0.484 bits per heavy atom. The molecule has 0 aromatic heterocycles. The topological polar surface area (TPSA) is 142 Å². The number of ether oxygens (including phenoxy) is 1. The predicted molar refractivity (Wildman–Crippen MR) is 268 cm³/mol. The third-order valence-corrected chi connectivity index (χ3v) is 10.9. The van der Waals surface area contributed by atoms with Crippen LogP contribution in [0.15, 0.2) is 85.1 Å². The molecule has 0 aliphatic carbocycles. The number of carbonyl (C=O) groups is 4. The minimum atomic E-state index is -1.39. The minimum absolute atomic E-state index is 0.0893. The highest BCUT2D eigenvalue weighted by atomic mass is 16.5. The SMILES string of the molecule is CC/C=C\C/C=C\C/C=C\C/C=C\CCC(CCCCCCCC(=O)NCC(=O)NC(CO)C(=O)O)OC(=O)CCCCCCCCCC/C=C\C/C=C\C/C=C\CCCCCCC. The molecule has 4 N–H and O–H groups in total. The quantitative estimate of drug-likeness (QED) is 0.0271. The van der Waals surface area contributed by atoms with E-state index in [-0.39, 0.29) is 30.9 Å². The Morgan fingerprint density at radius 3 is 1.42 bits per heavy atom. The van der Waals surface area contributed by atoms with E-state index in [1.165, 1.54) is 70.6 Å². The van der Waals surface area contributed by atoms with Crippen LogP contribution in [0.4, 0.5) is 0 Å². The summed E-state index contributed by atoms with van der Waals surface area (Å²) in [4.78, 5) is 47.8. The van der Waals surface area contributed by atoms with Gasteiger partial charge in [-0.25, -0.2) is 4.79 Å². The first-order chi connectivity index (χ1) is 31.3. The molecule has 0 rings (SSSR count). The second kappa shape index (κ2) is 48.5. The van der Waals surface area contributed by atoms with Gasteiger partial charge in [-0.3, -0.25) is 14.4 Å². The molecule has 2 amide bonds. The van der Waals surface area contributed by atoms with Crippen molar-refractivity contribution in [1.29, 1.82) is 0 Å². The number of carbonyl (C=O) groups excluding carboxylic acids is 3. The van der Waals surface area contributed by atoms with Crippen molar-refractivity contribution in [2.45, 2.75) is 225 Å². The lowest BCUT2D eigenvalue weighted by Gasteiger charge is -2.17. The highest BCUT2D eigenvalue weighted by molar-refractivity contribution is 5.87. The van der Waals surface area contributed by atoms with Gasteiger partial charge in [0.25, 0.3) is 0 Å². The van der Waals surface area contributed by atoms with E-state index in [2.05, 4.69) is 110 Å². The second-order valence-corrected chi connectivity index (χ2v) is 16.9. The van der Waals surface area contributed by atoms with Gasteiger partial charge in [-0.05, 0) is 103 Å². The first-order valence-corrected chi connectivity index (χ1v) is 25.5. The molecule has 0 aromatic rings. The summed E-state index contributed by atoms with van der Waals surface area (Å²) in [5.74, 6) is -2.36. The molecular formula is C55H92N2O7. The normalized spacial score (nSPS) is 13.2. The summed E-state index contributed by atoms with van der Waals surface area (Å²) < 4.78 is 6.01. The molecule has 9 nitrogen and oxygen atoms in total. The maximum Gasteiger partial charge on any atom is 0.328 e. The van der Waals surface area contributed by atoms with E-state index in [9.17, 15) is 19.2 Å². The lowest BCUT2D eigenvalue weighted by atomic mass is 10.0. The Kier molecular flexibility index (Phi) is 45.5. The van der Waals surface area contributed by atoms with E-state index in [0.717, 1.165) is 109 Å². The minimum Gasteiger partial charge on any atom is -0.480 e. The van der Waals surface area contributed by atoms with Crippen molar-refractivity contribution in [2.24, 2.45) is 0 Å². The van der Waals surface area contributed by atoms with Crippen molar-refractivity contribution in [1.82, 2.24) is 10.6 Å². The molecular weight excluding hydrogens is 801 g/mol. The molecule has 9 heteroatoms. The van der Waals surface area contributed by atoms with Crippen LogP contribution in [-0.4, -0.2) is 59.3 Å². The fourth-order valence-electron chi connectivity index (χ4n) is 7.01. The molecule has 0 saturated heterocycles. The van der Waals surface area contributed by atoms with E-state index in [0.29, 0.717) is 12.8 Å². The van der Waals surface area contributed by atoms with E-state index in [4.69, 9.17) is 14.9 Å². The number of hydrogen-bond acceptors (Lipinski definition) is 6. The molecule has 2 atom stereocenters. The van der Waals surface area contributed by atoms with Gasteiger partial charge in [0.1, 0.15) is 12.1 Å². The van der Waals surface area contributed by atoms with Crippen molar-refractivity contribution in [3.63, 3.8) is 0 Å². The monoisotopic (exact) mass is 893 g/mol. The number of esters is 1. The number of allylic oxidation sites excluding steroid dienone is 14. The highest BCUT2D eigenvalue weighted by Crippen LogP contribution is 2.17. The molecule has 0 aliphatic heterocycles. The fourth-order valence-corrected chi connectivity index (χ4v) is 7.01. The molecule has 0 saturated carbocycles. The molecule has 0 fully saturated rings. The van der Waals surface area contributed by atoms with Gasteiger partial charge in [-0.15, -0.1) is 0 Å². The van der Waals surface area contributed by atoms with Crippen LogP contribution in [-0.2, 0) is 23.9 Å². The summed E-state index contributed by atoms with van der Waals surface area (Å²) >= 11 is 0. The van der Waals surface area contributed by atoms with Crippen molar-refractivity contribution < 1.29 is 34.1 Å². The second-order valence-electron chi connectivity index (χ2n) is 16.9. The van der Waals surface area contributed by atoms with Gasteiger partial charge in [0.2, 0.25) is 11.8 Å². The maximum absolute atomic E-state index is 12.9. The third-order valence-electron chi connectivity index (χ3n) is 10.9. The molecule has 0 heterocycles. The average Bonchev–Trinajstić information content (AvgIpc) is 3.28. The highest BCUT2D eigenvalue weighted by Gasteiger charge is 2.19. The Balaban J connectivity index is 4.35. The fraction of sp³-hybridized carbons (Fsp3) is 0.673. The molecule has 0 radical (unpaired) electrons. The van der Waals surface area contributed by atoms with Crippen molar-refractivity contribution >= 4 is 23.8 Å². The molecule has 0 bridgehead atoms. The van der Waals surface area contributed by atoms with Gasteiger partial charge < -0.3 is 25.6 Å². The van der Waals surface area contributed by atoms with Gasteiger partial charge in [-0.2, -0.15) is 0 Å². The molecule has 64 heavy (non-hydrogen) atoms. The van der Waals surface area contributed by atoms with Crippen LogP contribution in [0, 0.1) is 0 Å². The first kappa shape index (κ1) is 60.0. The van der Waals surface area contributed by atoms with Crippen LogP contribution in [0.25, 0.3) is 0 Å². The van der Waals surface area contributed by atoms with E-state index in [1.54, 1.807) is 0 Å². The summed E-state index contributed by atoms with van der Waals surface area (Å²) in [6.45, 7) is 3.35. The van der Waals surface area contributed by atoms with E-state index in [1.807, 2.05) is 0 Å². The number of aliphatic hydroxyl groups is 1. The summed E-state index contributed by atoms with van der Waals surface area (Å²) in [5.41, 5.74) is 0. The van der Waals surface area contributed by atoms with Gasteiger partial charge in [0.15, 0.2) is 0 Å². The summed E-state index contributed by atoms with van der Waals surface area (Å²) in [6.07, 6.45) is 63.4. The van der Waals surface area contributed by atoms with Gasteiger partial charge >= 0.3 is 11.9 Å². The number of aliphatic hydroxyl groups excluding tert-OH is 1. The van der Waals surface area contributed by atoms with Gasteiger partial charge in [0.05, 0.1) is 13.2 Å². The third kappa shape index (κ3) is 44.6. The Bertz CT molecular complexity index is 1350. The van der Waals surface area contributed by atoms with Crippen molar-refractivity contribution in [3.05, 3.63) is 85.1 Å². The zero-order valence-electron chi connectivity index (χ0n) is 40.5. The number of nitrogens with one attached hydrogen (secondary N) is 2. The van der Waals surface area contributed by atoms with Crippen LogP contribution >= 0.6 is 0 Å². The summed E-state index contributed by atoms with van der Waals surface area (Å²) in [7, 11) is 0. The summed E-state index contributed by atoms with van der Waals surface area (Å²) in [5, 5.41) is 22.6. The number of hydrogen-bond donors (Lipinski definition) is 4. The van der Waals surface area contributed by atoms with E-state index < -0.39 is 24.5 Å². The molecule has 364 valence electrons. The van der Waals surface area contributed by atoms with Crippen molar-refractivity contribution in [3.8, 4) is 0 Å². The smallest absolute Gasteiger partial charge is 0.328 e. The number of carboxylic acids is 1. The first-order valence-electron chi connectivity index (χ1n) is 25.5. The number of rotatable bonds is 45. The zero-order chi connectivity index (χ0) is 46.8. The number of aliphatic carboxylic acids is 1. The largest absolute Gasteiger partial charge is 0.480 e. The van der Waals surface area contributed by atoms with Gasteiger partial charge in [-0.1, -0.05) is 182 Å². The maximum atomic E-state index is 12.9. The van der Waals surface area contributed by atoms with Crippen LogP contribution in [0.1, 0.15) is 213 Å². The van der Waals surface area contributed by atoms with E-state index >= 15 is 0 Å². The molecule has 2 unspecified atom stereocenters. The Labute approximate surface area is 390 Å². The number of amides is 2. The molecule has 0 aromatic carbocycles. The van der Waals surface area contributed by atoms with Crippen LogP contribution in [0.5, 0.6) is 0 Å². The zero-order valence-corrected chi connectivity index (χ0v) is 40.5. The van der Waals surface area contributed by atoms with Gasteiger partial charge in [0, 0.05) is 12.8 Å².